The van der Waals surface area contributed by atoms with Gasteiger partial charge in [0.1, 0.15) is 0 Å². The van der Waals surface area contributed by atoms with Crippen LogP contribution in [0.4, 0.5) is 0 Å². The van der Waals surface area contributed by atoms with E-state index < -0.39 is 0 Å². The van der Waals surface area contributed by atoms with E-state index >= 15 is 0 Å². The molecule has 0 bridgehead atoms. The smallest absolute Gasteiger partial charge is 0.0629 e. The van der Waals surface area contributed by atoms with Crippen molar-refractivity contribution in [2.45, 2.75) is 39.3 Å². The molecule has 0 saturated carbocycles. The molecule has 0 aliphatic rings. The molecule has 0 aromatic carbocycles. The first-order valence-corrected chi connectivity index (χ1v) is 4.81. The topological polar surface area (TPSA) is 55.9 Å². The number of nitrogens with zero attached hydrogens (tertiary/aromatic N) is 2. The number of nitrogens with one attached hydrogen (secondary N) is 1. The Kier molecular flexibility index (Phi) is 3.92. The first-order chi connectivity index (χ1) is 6.33. The molecule has 74 valence electrons. The van der Waals surface area contributed by atoms with Gasteiger partial charge in [-0.05, 0) is 19.4 Å². The Morgan fingerprint density at radius 2 is 2.38 bits per heavy atom. The molecule has 0 saturated heterocycles. The molecule has 1 atom stereocenters. The van der Waals surface area contributed by atoms with Crippen molar-refractivity contribution < 1.29 is 0 Å². The molecule has 1 heterocycles. The second-order valence-corrected chi connectivity index (χ2v) is 3.08. The third kappa shape index (κ3) is 2.29. The molecule has 13 heavy (non-hydrogen) atoms. The first kappa shape index (κ1) is 10.2. The van der Waals surface area contributed by atoms with Crippen LogP contribution in [0.1, 0.15) is 38.4 Å². The zero-order valence-electron chi connectivity index (χ0n) is 8.33. The molecule has 1 unspecified atom stereocenters. The lowest BCUT2D eigenvalue weighted by molar-refractivity contribution is 0.462. The Bertz CT molecular complexity index is 244. The van der Waals surface area contributed by atoms with Crippen molar-refractivity contribution >= 4 is 0 Å². The minimum Gasteiger partial charge on any atom is -0.271 e. The highest BCUT2D eigenvalue weighted by Crippen LogP contribution is 2.16. The number of aromatic nitrogens is 2. The van der Waals surface area contributed by atoms with E-state index in [9.17, 15) is 0 Å². The summed E-state index contributed by atoms with van der Waals surface area (Å²) >= 11 is 0. The number of aryl methyl sites for hydroxylation is 1. The Hall–Kier alpha value is -0.870. The predicted molar refractivity (Wildman–Crippen MR) is 52.9 cm³/mol. The Balaban J connectivity index is 2.77. The number of nitrogens with two attached hydrogens (primary N) is 1. The summed E-state index contributed by atoms with van der Waals surface area (Å²) in [5.41, 5.74) is 3.99. The molecule has 0 aliphatic carbocycles. The number of hydrazine groups is 1. The van der Waals surface area contributed by atoms with Gasteiger partial charge in [0.05, 0.1) is 11.7 Å². The Morgan fingerprint density at radius 1 is 1.62 bits per heavy atom. The van der Waals surface area contributed by atoms with Crippen molar-refractivity contribution in [2.75, 3.05) is 0 Å². The molecule has 1 rings (SSSR count). The van der Waals surface area contributed by atoms with E-state index in [4.69, 9.17) is 5.84 Å². The van der Waals surface area contributed by atoms with Gasteiger partial charge in [0.2, 0.25) is 0 Å². The fraction of sp³-hybridized carbons (Fsp3) is 0.667. The van der Waals surface area contributed by atoms with E-state index in [0.29, 0.717) is 0 Å². The van der Waals surface area contributed by atoms with E-state index in [1.54, 1.807) is 0 Å². The molecule has 4 nitrogen and oxygen atoms in total. The van der Waals surface area contributed by atoms with Gasteiger partial charge in [-0.1, -0.05) is 13.3 Å². The minimum absolute atomic E-state index is 0.229. The average molecular weight is 182 g/mol. The lowest BCUT2D eigenvalue weighted by Crippen LogP contribution is -2.29. The maximum absolute atomic E-state index is 5.48. The third-order valence-corrected chi connectivity index (χ3v) is 2.18. The van der Waals surface area contributed by atoms with Crippen LogP contribution in [0.15, 0.2) is 12.3 Å². The molecular weight excluding hydrogens is 164 g/mol. The summed E-state index contributed by atoms with van der Waals surface area (Å²) < 4.78 is 1.97. The van der Waals surface area contributed by atoms with Crippen LogP contribution in [0, 0.1) is 0 Å². The highest BCUT2D eigenvalue weighted by Gasteiger charge is 2.12. The lowest BCUT2D eigenvalue weighted by atomic mass is 10.1. The molecule has 1 aromatic rings. The second-order valence-electron chi connectivity index (χ2n) is 3.08. The van der Waals surface area contributed by atoms with Gasteiger partial charge < -0.3 is 0 Å². The zero-order valence-corrected chi connectivity index (χ0v) is 8.33. The average Bonchev–Trinajstić information content (AvgIpc) is 2.61. The van der Waals surface area contributed by atoms with Crippen molar-refractivity contribution in [3.63, 3.8) is 0 Å². The zero-order chi connectivity index (χ0) is 9.68. The van der Waals surface area contributed by atoms with Crippen molar-refractivity contribution in [1.82, 2.24) is 15.2 Å². The molecule has 4 heteroatoms. The van der Waals surface area contributed by atoms with Crippen LogP contribution < -0.4 is 11.3 Å². The summed E-state index contributed by atoms with van der Waals surface area (Å²) in [6, 6.07) is 2.25. The maximum atomic E-state index is 5.48. The number of hydrogen-bond acceptors (Lipinski definition) is 3. The highest BCUT2D eigenvalue weighted by atomic mass is 15.3. The maximum Gasteiger partial charge on any atom is 0.0629 e. The van der Waals surface area contributed by atoms with Gasteiger partial charge in [-0.2, -0.15) is 5.10 Å². The van der Waals surface area contributed by atoms with Crippen molar-refractivity contribution in [1.29, 1.82) is 0 Å². The van der Waals surface area contributed by atoms with Gasteiger partial charge in [-0.15, -0.1) is 0 Å². The van der Waals surface area contributed by atoms with Gasteiger partial charge in [-0.3, -0.25) is 16.0 Å². The summed E-state index contributed by atoms with van der Waals surface area (Å²) in [6.07, 6.45) is 3.98. The molecule has 0 radical (unpaired) electrons. The fourth-order valence-electron chi connectivity index (χ4n) is 1.51. The van der Waals surface area contributed by atoms with Crippen molar-refractivity contribution in [3.8, 4) is 0 Å². The normalized spacial score (nSPS) is 13.2. The number of hydrogen-bond donors (Lipinski definition) is 2. The number of rotatable bonds is 5. The summed E-state index contributed by atoms with van der Waals surface area (Å²) in [5.74, 6) is 5.48. The minimum atomic E-state index is 0.229. The largest absolute Gasteiger partial charge is 0.271 e. The van der Waals surface area contributed by atoms with Crippen molar-refractivity contribution in [3.05, 3.63) is 18.0 Å². The van der Waals surface area contributed by atoms with Crippen LogP contribution >= 0.6 is 0 Å². The van der Waals surface area contributed by atoms with Gasteiger partial charge in [0.15, 0.2) is 0 Å². The van der Waals surface area contributed by atoms with Gasteiger partial charge in [-0.25, -0.2) is 0 Å². The SMILES string of the molecule is CCCC(NN)c1ccnn1CC. The molecule has 0 spiro atoms. The van der Waals surface area contributed by atoms with E-state index in [1.165, 1.54) is 5.69 Å². The molecule has 1 aromatic heterocycles. The monoisotopic (exact) mass is 182 g/mol. The van der Waals surface area contributed by atoms with Gasteiger partial charge in [0, 0.05) is 12.7 Å². The van der Waals surface area contributed by atoms with E-state index in [0.717, 1.165) is 19.4 Å². The van der Waals surface area contributed by atoms with Crippen LogP contribution in [-0.4, -0.2) is 9.78 Å². The van der Waals surface area contributed by atoms with Crippen LogP contribution in [0.3, 0.4) is 0 Å². The first-order valence-electron chi connectivity index (χ1n) is 4.81. The summed E-state index contributed by atoms with van der Waals surface area (Å²) in [7, 11) is 0. The van der Waals surface area contributed by atoms with Crippen LogP contribution in [-0.2, 0) is 6.54 Å². The predicted octanol–water partition coefficient (Wildman–Crippen LogP) is 1.21. The molecule has 0 amide bonds. The van der Waals surface area contributed by atoms with Crippen LogP contribution in [0.2, 0.25) is 0 Å². The third-order valence-electron chi connectivity index (χ3n) is 2.18. The standard InChI is InChI=1S/C9H18N4/c1-3-5-8(12-10)9-6-7-11-13(9)4-2/h6-8,12H,3-5,10H2,1-2H3. The summed E-state index contributed by atoms with van der Waals surface area (Å²) in [4.78, 5) is 0. The van der Waals surface area contributed by atoms with Crippen LogP contribution in [0.25, 0.3) is 0 Å². The molecule has 3 N–H and O–H groups in total. The second kappa shape index (κ2) is 4.99. The Labute approximate surface area is 79.1 Å². The van der Waals surface area contributed by atoms with Crippen molar-refractivity contribution in [2.24, 2.45) is 5.84 Å². The van der Waals surface area contributed by atoms with E-state index in [-0.39, 0.29) is 6.04 Å². The molecular formula is C9H18N4. The molecule has 0 fully saturated rings. The van der Waals surface area contributed by atoms with E-state index in [1.807, 2.05) is 16.9 Å². The van der Waals surface area contributed by atoms with Gasteiger partial charge in [0.25, 0.3) is 0 Å². The quantitative estimate of drug-likeness (QED) is 0.531. The van der Waals surface area contributed by atoms with Crippen LogP contribution in [0.5, 0.6) is 0 Å². The Morgan fingerprint density at radius 3 is 2.92 bits per heavy atom. The van der Waals surface area contributed by atoms with E-state index in [2.05, 4.69) is 24.4 Å². The lowest BCUT2D eigenvalue weighted by Gasteiger charge is -2.15. The molecule has 0 aliphatic heterocycles. The van der Waals surface area contributed by atoms with Gasteiger partial charge >= 0.3 is 0 Å². The summed E-state index contributed by atoms with van der Waals surface area (Å²) in [6.45, 7) is 5.12. The highest BCUT2D eigenvalue weighted by molar-refractivity contribution is 5.06. The fourth-order valence-corrected chi connectivity index (χ4v) is 1.51. The summed E-state index contributed by atoms with van der Waals surface area (Å²) in [5, 5.41) is 4.21.